The van der Waals surface area contributed by atoms with Gasteiger partial charge in [0.2, 0.25) is 5.91 Å². The van der Waals surface area contributed by atoms with Crippen LogP contribution in [0, 0.1) is 13.8 Å². The molecule has 2 rings (SSSR count). The molecule has 1 aromatic carbocycles. The van der Waals surface area contributed by atoms with Gasteiger partial charge in [0.25, 0.3) is 0 Å². The van der Waals surface area contributed by atoms with Crippen molar-refractivity contribution in [3.63, 3.8) is 0 Å². The number of hydrogen-bond donors (Lipinski definition) is 1. The number of nitrogens with one attached hydrogen (secondary N) is 1. The predicted molar refractivity (Wildman–Crippen MR) is 95.4 cm³/mol. The zero-order chi connectivity index (χ0) is 17.7. The zero-order valence-corrected chi connectivity index (χ0v) is 15.1. The van der Waals surface area contributed by atoms with Crippen molar-refractivity contribution in [2.45, 2.75) is 52.5 Å². The molecular weight excluding hydrogens is 304 g/mol. The van der Waals surface area contributed by atoms with Crippen LogP contribution in [-0.4, -0.2) is 43.0 Å². The van der Waals surface area contributed by atoms with Crippen molar-refractivity contribution in [3.05, 3.63) is 28.8 Å². The highest BCUT2D eigenvalue weighted by molar-refractivity contribution is 5.98. The van der Waals surface area contributed by atoms with Crippen LogP contribution in [0.25, 0.3) is 0 Å². The minimum Gasteiger partial charge on any atom is -0.465 e. The Labute approximate surface area is 144 Å². The first kappa shape index (κ1) is 18.5. The fourth-order valence-corrected chi connectivity index (χ4v) is 3.32. The van der Waals surface area contributed by atoms with Crippen LogP contribution in [-0.2, 0) is 9.53 Å². The van der Waals surface area contributed by atoms with E-state index < -0.39 is 0 Å². The summed E-state index contributed by atoms with van der Waals surface area (Å²) in [6.07, 6.45) is 4.17. The number of carbonyl (C=O) groups is 2. The van der Waals surface area contributed by atoms with Gasteiger partial charge in [0, 0.05) is 5.69 Å². The van der Waals surface area contributed by atoms with Gasteiger partial charge >= 0.3 is 5.97 Å². The number of aryl methyl sites for hydroxylation is 1. The smallest absolute Gasteiger partial charge is 0.338 e. The lowest BCUT2D eigenvalue weighted by molar-refractivity contribution is -0.122. The van der Waals surface area contributed by atoms with Crippen molar-refractivity contribution in [2.24, 2.45) is 0 Å². The Bertz CT molecular complexity index is 611. The predicted octanol–water partition coefficient (Wildman–Crippen LogP) is 3.29. The molecule has 1 fully saturated rings. The van der Waals surface area contributed by atoms with E-state index in [9.17, 15) is 9.59 Å². The molecule has 5 heteroatoms. The summed E-state index contributed by atoms with van der Waals surface area (Å²) in [5.74, 6) is -0.362. The fraction of sp³-hybridized carbons (Fsp3) is 0.579. The standard InChI is InChI=1S/C19H28N2O3/c1-5-9-21-10-7-6-8-17(21)18(22)20-15-11-13(2)14(3)16(12-15)19(23)24-4/h11-12,17H,5-10H2,1-4H3,(H,20,22). The Morgan fingerprint density at radius 1 is 1.29 bits per heavy atom. The van der Waals surface area contributed by atoms with Crippen LogP contribution in [0.15, 0.2) is 12.1 Å². The van der Waals surface area contributed by atoms with Gasteiger partial charge in [0.15, 0.2) is 0 Å². The molecule has 0 spiro atoms. The maximum absolute atomic E-state index is 12.7. The highest BCUT2D eigenvalue weighted by Crippen LogP contribution is 2.23. The van der Waals surface area contributed by atoms with Crippen molar-refractivity contribution < 1.29 is 14.3 Å². The molecule has 24 heavy (non-hydrogen) atoms. The van der Waals surface area contributed by atoms with Crippen molar-refractivity contribution in [3.8, 4) is 0 Å². The van der Waals surface area contributed by atoms with E-state index in [1.54, 1.807) is 6.07 Å². The lowest BCUT2D eigenvalue weighted by Gasteiger charge is -2.34. The molecule has 1 aliphatic rings. The zero-order valence-electron chi connectivity index (χ0n) is 15.1. The summed E-state index contributed by atoms with van der Waals surface area (Å²) in [5.41, 5.74) is 3.00. The first-order valence-electron chi connectivity index (χ1n) is 8.72. The number of hydrogen-bond acceptors (Lipinski definition) is 4. The van der Waals surface area contributed by atoms with E-state index in [1.165, 1.54) is 7.11 Å². The van der Waals surface area contributed by atoms with Gasteiger partial charge in [-0.05, 0) is 69.5 Å². The molecule has 1 unspecified atom stereocenters. The summed E-state index contributed by atoms with van der Waals surface area (Å²) < 4.78 is 4.84. The highest BCUT2D eigenvalue weighted by atomic mass is 16.5. The maximum Gasteiger partial charge on any atom is 0.338 e. The normalized spacial score (nSPS) is 18.2. The van der Waals surface area contributed by atoms with Crippen molar-refractivity contribution in [1.82, 2.24) is 4.90 Å². The third kappa shape index (κ3) is 4.15. The second kappa shape index (κ2) is 8.29. The van der Waals surface area contributed by atoms with E-state index in [0.29, 0.717) is 11.3 Å². The van der Waals surface area contributed by atoms with E-state index in [-0.39, 0.29) is 17.9 Å². The van der Waals surface area contributed by atoms with E-state index in [1.807, 2.05) is 19.9 Å². The number of ether oxygens (including phenoxy) is 1. The van der Waals surface area contributed by atoms with Crippen molar-refractivity contribution in [2.75, 3.05) is 25.5 Å². The minimum absolute atomic E-state index is 0.0159. The fourth-order valence-electron chi connectivity index (χ4n) is 3.32. The molecule has 132 valence electrons. The van der Waals surface area contributed by atoms with Crippen LogP contribution in [0.5, 0.6) is 0 Å². The van der Waals surface area contributed by atoms with Gasteiger partial charge in [-0.25, -0.2) is 4.79 Å². The molecule has 5 nitrogen and oxygen atoms in total. The quantitative estimate of drug-likeness (QED) is 0.841. The Balaban J connectivity index is 2.19. The average Bonchev–Trinajstić information content (AvgIpc) is 2.58. The molecule has 1 N–H and O–H groups in total. The summed E-state index contributed by atoms with van der Waals surface area (Å²) >= 11 is 0. The number of amides is 1. The molecule has 1 saturated heterocycles. The average molecular weight is 332 g/mol. The summed E-state index contributed by atoms with van der Waals surface area (Å²) in [6, 6.07) is 3.54. The van der Waals surface area contributed by atoms with Crippen LogP contribution in [0.4, 0.5) is 5.69 Å². The maximum atomic E-state index is 12.7. The van der Waals surface area contributed by atoms with Crippen LogP contribution in [0.1, 0.15) is 54.1 Å². The number of piperidine rings is 1. The number of likely N-dealkylation sites (tertiary alicyclic amines) is 1. The van der Waals surface area contributed by atoms with E-state index in [2.05, 4.69) is 17.1 Å². The topological polar surface area (TPSA) is 58.6 Å². The molecule has 1 heterocycles. The molecule has 0 aliphatic carbocycles. The monoisotopic (exact) mass is 332 g/mol. The van der Waals surface area contributed by atoms with Gasteiger partial charge in [-0.2, -0.15) is 0 Å². The number of rotatable bonds is 5. The Morgan fingerprint density at radius 3 is 2.71 bits per heavy atom. The third-order valence-electron chi connectivity index (χ3n) is 4.77. The van der Waals surface area contributed by atoms with Gasteiger partial charge in [0.1, 0.15) is 0 Å². The van der Waals surface area contributed by atoms with E-state index in [0.717, 1.165) is 49.9 Å². The number of methoxy groups -OCH3 is 1. The van der Waals surface area contributed by atoms with Gasteiger partial charge in [-0.3, -0.25) is 9.69 Å². The lowest BCUT2D eigenvalue weighted by atomic mass is 10.00. The first-order valence-corrected chi connectivity index (χ1v) is 8.72. The Kier molecular flexibility index (Phi) is 6.37. The van der Waals surface area contributed by atoms with Gasteiger partial charge in [-0.15, -0.1) is 0 Å². The lowest BCUT2D eigenvalue weighted by Crippen LogP contribution is -2.47. The van der Waals surface area contributed by atoms with Crippen LogP contribution in [0.3, 0.4) is 0 Å². The van der Waals surface area contributed by atoms with Gasteiger partial charge < -0.3 is 10.1 Å². The van der Waals surface area contributed by atoms with Crippen LogP contribution < -0.4 is 5.32 Å². The van der Waals surface area contributed by atoms with Crippen molar-refractivity contribution >= 4 is 17.6 Å². The number of anilines is 1. The summed E-state index contributed by atoms with van der Waals surface area (Å²) in [6.45, 7) is 7.87. The Morgan fingerprint density at radius 2 is 2.04 bits per heavy atom. The van der Waals surface area contributed by atoms with E-state index >= 15 is 0 Å². The van der Waals surface area contributed by atoms with Gasteiger partial charge in [0.05, 0.1) is 18.7 Å². The van der Waals surface area contributed by atoms with Crippen molar-refractivity contribution in [1.29, 1.82) is 0 Å². The molecule has 0 bridgehead atoms. The van der Waals surface area contributed by atoms with Gasteiger partial charge in [-0.1, -0.05) is 13.3 Å². The largest absolute Gasteiger partial charge is 0.465 e. The highest BCUT2D eigenvalue weighted by Gasteiger charge is 2.28. The first-order chi connectivity index (χ1) is 11.5. The molecule has 0 radical (unpaired) electrons. The number of benzene rings is 1. The SMILES string of the molecule is CCCN1CCCCC1C(=O)Nc1cc(C)c(C)c(C(=O)OC)c1. The molecule has 1 amide bonds. The second-order valence-electron chi connectivity index (χ2n) is 6.49. The number of esters is 1. The third-order valence-corrected chi connectivity index (χ3v) is 4.77. The van der Waals surface area contributed by atoms with Crippen LogP contribution >= 0.6 is 0 Å². The summed E-state index contributed by atoms with van der Waals surface area (Å²) in [7, 11) is 1.37. The molecule has 1 atom stereocenters. The van der Waals surface area contributed by atoms with E-state index in [4.69, 9.17) is 4.74 Å². The summed E-state index contributed by atoms with van der Waals surface area (Å²) in [4.78, 5) is 26.9. The Hall–Kier alpha value is -1.88. The van der Waals surface area contributed by atoms with Crippen LogP contribution in [0.2, 0.25) is 0 Å². The second-order valence-corrected chi connectivity index (χ2v) is 6.49. The molecule has 1 aliphatic heterocycles. The molecule has 0 aromatic heterocycles. The minimum atomic E-state index is -0.378. The molecular formula is C19H28N2O3. The summed E-state index contributed by atoms with van der Waals surface area (Å²) in [5, 5.41) is 3.00. The number of carbonyl (C=O) groups excluding carboxylic acids is 2. The molecule has 0 saturated carbocycles. The number of nitrogens with zero attached hydrogens (tertiary/aromatic N) is 1. The molecule has 1 aromatic rings.